The number of benzene rings is 2. The molecule has 2 atom stereocenters. The largest absolute Gasteiger partial charge is 0.533 e. The lowest BCUT2D eigenvalue weighted by Crippen LogP contribution is -2.47. The Hall–Kier alpha value is -4.28. The molecule has 18 heteroatoms. The van der Waals surface area contributed by atoms with Crippen molar-refractivity contribution in [2.24, 2.45) is 0 Å². The number of aliphatic hydroxyl groups excluding tert-OH is 1. The van der Waals surface area contributed by atoms with Crippen LogP contribution in [0.3, 0.4) is 0 Å². The lowest BCUT2D eigenvalue weighted by Gasteiger charge is -2.26. The Morgan fingerprint density at radius 3 is 2.41 bits per heavy atom. The molecular formula is C31H34N4O11S3. The van der Waals surface area contributed by atoms with Gasteiger partial charge in [0.2, 0.25) is 17.7 Å². The van der Waals surface area contributed by atoms with Crippen molar-refractivity contribution in [3.8, 4) is 11.8 Å². The van der Waals surface area contributed by atoms with Gasteiger partial charge in [-0.1, -0.05) is 63.8 Å². The van der Waals surface area contributed by atoms with Crippen molar-refractivity contribution in [1.82, 2.24) is 15.7 Å². The van der Waals surface area contributed by atoms with E-state index in [1.54, 1.807) is 23.1 Å². The van der Waals surface area contributed by atoms with Gasteiger partial charge in [0.05, 0.1) is 12.2 Å². The molecule has 262 valence electrons. The van der Waals surface area contributed by atoms with Gasteiger partial charge in [-0.2, -0.15) is 8.42 Å². The van der Waals surface area contributed by atoms with Crippen molar-refractivity contribution in [2.45, 2.75) is 43.7 Å². The van der Waals surface area contributed by atoms with E-state index in [1.807, 2.05) is 30.3 Å². The molecule has 2 aliphatic heterocycles. The molecule has 4 rings (SSSR count). The average Bonchev–Trinajstić information content (AvgIpc) is 3.36. The summed E-state index contributed by atoms with van der Waals surface area (Å²) in [4.78, 5) is 67.7. The van der Waals surface area contributed by atoms with Crippen molar-refractivity contribution >= 4 is 67.2 Å². The first kappa shape index (κ1) is 37.5. The average molecular weight is 735 g/mol. The zero-order valence-electron chi connectivity index (χ0n) is 26.0. The SMILES string of the molecule is O=C(CCSSCCOC(=O)ON1C(=O)CCC1O)NCC(C(=O)NCCC(=O)N1Cc2ccccc2C#Cc2ccccc21)S(=O)(=O)O. The standard InChI is InChI=1S/C31H34N4O11S3/c36-26(14-17-47-48-18-16-45-31(41)46-35-28(38)11-12-29(35)39)33-19-25(49(42,43)44)30(40)32-15-13-27(37)34-20-23-7-2-1-5-21(23)9-10-22-6-3-4-8-24(22)34/h1-8,25,28,38H,11-20H2,(H,32,40)(H,33,36)(H,42,43,44). The molecule has 0 spiro atoms. The van der Waals surface area contributed by atoms with E-state index in [0.717, 1.165) is 11.1 Å². The molecule has 0 bridgehead atoms. The maximum atomic E-state index is 13.3. The minimum Gasteiger partial charge on any atom is -0.432 e. The number of nitrogens with one attached hydrogen (secondary N) is 2. The van der Waals surface area contributed by atoms with Gasteiger partial charge >= 0.3 is 6.16 Å². The molecule has 0 saturated carbocycles. The Morgan fingerprint density at radius 1 is 0.980 bits per heavy atom. The molecule has 1 fully saturated rings. The molecule has 0 aromatic heterocycles. The number of ether oxygens (including phenoxy) is 1. The van der Waals surface area contributed by atoms with Crippen molar-refractivity contribution in [3.63, 3.8) is 0 Å². The molecule has 4 amide bonds. The van der Waals surface area contributed by atoms with E-state index in [9.17, 15) is 42.0 Å². The van der Waals surface area contributed by atoms with Crippen LogP contribution in [0, 0.1) is 11.8 Å². The number of anilines is 1. The maximum absolute atomic E-state index is 13.3. The summed E-state index contributed by atoms with van der Waals surface area (Å²) in [6, 6.07) is 14.6. The quantitative estimate of drug-likeness (QED) is 0.0675. The third-order valence-electron chi connectivity index (χ3n) is 7.14. The zero-order valence-corrected chi connectivity index (χ0v) is 28.5. The Morgan fingerprint density at radius 2 is 1.67 bits per heavy atom. The van der Waals surface area contributed by atoms with Crippen LogP contribution in [0.5, 0.6) is 0 Å². The van der Waals surface area contributed by atoms with Crippen LogP contribution in [-0.2, 0) is 45.4 Å². The first-order chi connectivity index (χ1) is 23.4. The first-order valence-electron chi connectivity index (χ1n) is 15.0. The van der Waals surface area contributed by atoms with Crippen molar-refractivity contribution in [1.29, 1.82) is 0 Å². The zero-order chi connectivity index (χ0) is 35.4. The first-order valence-corrected chi connectivity index (χ1v) is 19.0. The summed E-state index contributed by atoms with van der Waals surface area (Å²) in [6.07, 6.45) is -2.35. The monoisotopic (exact) mass is 734 g/mol. The van der Waals surface area contributed by atoms with Gasteiger partial charge < -0.3 is 30.2 Å². The topological polar surface area (TPSA) is 209 Å². The number of carbonyl (C=O) groups is 5. The summed E-state index contributed by atoms with van der Waals surface area (Å²) in [5, 5.41) is 12.8. The Balaban J connectivity index is 1.16. The van der Waals surface area contributed by atoms with E-state index in [0.29, 0.717) is 22.1 Å². The maximum Gasteiger partial charge on any atom is 0.533 e. The number of hydrogen-bond donors (Lipinski definition) is 4. The molecule has 0 aliphatic carbocycles. The van der Waals surface area contributed by atoms with Crippen LogP contribution in [0.2, 0.25) is 0 Å². The van der Waals surface area contributed by atoms with Crippen LogP contribution in [0.25, 0.3) is 0 Å². The van der Waals surface area contributed by atoms with Gasteiger partial charge in [-0.05, 0) is 23.8 Å². The normalized spacial score (nSPS) is 15.8. The summed E-state index contributed by atoms with van der Waals surface area (Å²) in [7, 11) is -2.37. The summed E-state index contributed by atoms with van der Waals surface area (Å²) < 4.78 is 38.4. The van der Waals surface area contributed by atoms with Crippen LogP contribution in [0.1, 0.15) is 42.4 Å². The number of nitrogens with zero attached hydrogens (tertiary/aromatic N) is 2. The van der Waals surface area contributed by atoms with Crippen LogP contribution in [0.15, 0.2) is 48.5 Å². The predicted molar refractivity (Wildman–Crippen MR) is 180 cm³/mol. The molecule has 4 N–H and O–H groups in total. The molecule has 2 aromatic carbocycles. The number of para-hydroxylation sites is 1. The van der Waals surface area contributed by atoms with E-state index in [1.165, 1.54) is 21.6 Å². The lowest BCUT2D eigenvalue weighted by atomic mass is 10.0. The second kappa shape index (κ2) is 17.9. The van der Waals surface area contributed by atoms with Gasteiger partial charge in [0.1, 0.15) is 6.61 Å². The molecular weight excluding hydrogens is 701 g/mol. The Kier molecular flexibility index (Phi) is 13.7. The number of hydrogen-bond acceptors (Lipinski definition) is 12. The fraction of sp³-hybridized carbons (Fsp3) is 0.387. The molecule has 2 unspecified atom stereocenters. The van der Waals surface area contributed by atoms with Crippen LogP contribution in [-0.4, -0.2) is 95.6 Å². The van der Waals surface area contributed by atoms with Crippen molar-refractivity contribution in [3.05, 3.63) is 65.2 Å². The van der Waals surface area contributed by atoms with Gasteiger partial charge in [0.15, 0.2) is 11.5 Å². The summed E-state index contributed by atoms with van der Waals surface area (Å²) in [5.41, 5.74) is 2.87. The fourth-order valence-corrected chi connectivity index (χ4v) is 7.12. The molecule has 0 radical (unpaired) electrons. The third kappa shape index (κ3) is 11.1. The number of aliphatic hydroxyl groups is 1. The highest BCUT2D eigenvalue weighted by molar-refractivity contribution is 8.76. The minimum absolute atomic E-state index is 0.0470. The summed E-state index contributed by atoms with van der Waals surface area (Å²) in [5.74, 6) is 4.30. The Bertz CT molecular complexity index is 1730. The summed E-state index contributed by atoms with van der Waals surface area (Å²) >= 11 is 0. The third-order valence-corrected chi connectivity index (χ3v) is 10.6. The highest BCUT2D eigenvalue weighted by atomic mass is 33.1. The van der Waals surface area contributed by atoms with Crippen LogP contribution in [0.4, 0.5) is 10.5 Å². The molecule has 2 heterocycles. The second-order valence-electron chi connectivity index (χ2n) is 10.6. The number of carbonyl (C=O) groups excluding carboxylic acids is 5. The highest BCUT2D eigenvalue weighted by Crippen LogP contribution is 2.26. The predicted octanol–water partition coefficient (Wildman–Crippen LogP) is 1.59. The summed E-state index contributed by atoms with van der Waals surface area (Å²) in [6.45, 7) is -0.738. The van der Waals surface area contributed by atoms with E-state index in [4.69, 9.17) is 4.74 Å². The van der Waals surface area contributed by atoms with Crippen LogP contribution >= 0.6 is 21.6 Å². The molecule has 49 heavy (non-hydrogen) atoms. The Labute approximate surface area is 290 Å². The highest BCUT2D eigenvalue weighted by Gasteiger charge is 2.34. The van der Waals surface area contributed by atoms with Crippen molar-refractivity contribution < 1.29 is 51.6 Å². The van der Waals surface area contributed by atoms with Gasteiger partial charge in [-0.3, -0.25) is 23.7 Å². The van der Waals surface area contributed by atoms with Crippen molar-refractivity contribution in [2.75, 3.05) is 36.1 Å². The van der Waals surface area contributed by atoms with E-state index in [2.05, 4.69) is 27.3 Å². The van der Waals surface area contributed by atoms with E-state index in [-0.39, 0.29) is 57.0 Å². The van der Waals surface area contributed by atoms with E-state index < -0.39 is 52.0 Å². The van der Waals surface area contributed by atoms with Crippen LogP contribution < -0.4 is 15.5 Å². The van der Waals surface area contributed by atoms with Gasteiger partial charge in [-0.15, -0.1) is 5.06 Å². The smallest absolute Gasteiger partial charge is 0.432 e. The lowest BCUT2D eigenvalue weighted by molar-refractivity contribution is -0.199. The molecule has 1 saturated heterocycles. The minimum atomic E-state index is -4.90. The fourth-order valence-electron chi connectivity index (χ4n) is 4.65. The number of rotatable bonds is 15. The molecule has 2 aromatic rings. The molecule has 2 aliphatic rings. The van der Waals surface area contributed by atoms with Gasteiger partial charge in [-0.25, -0.2) is 4.79 Å². The van der Waals surface area contributed by atoms with Gasteiger partial charge in [0.25, 0.3) is 16.0 Å². The number of hydroxylamine groups is 2. The second-order valence-corrected chi connectivity index (χ2v) is 14.9. The van der Waals surface area contributed by atoms with E-state index >= 15 is 0 Å². The van der Waals surface area contributed by atoms with Gasteiger partial charge in [0, 0.05) is 61.4 Å². The number of amides is 4. The molecule has 15 nitrogen and oxygen atoms in total. The number of fused-ring (bicyclic) bond motifs is 2.